The number of alkyl halides is 3. The molecule has 0 bridgehead atoms. The number of rotatable bonds is 4. The molecule has 0 fully saturated rings. The van der Waals surface area contributed by atoms with Gasteiger partial charge in [-0.3, -0.25) is 9.48 Å². The predicted molar refractivity (Wildman–Crippen MR) is 72.1 cm³/mol. The molecule has 0 aliphatic heterocycles. The van der Waals surface area contributed by atoms with Crippen molar-refractivity contribution < 1.29 is 18.0 Å². The third-order valence-corrected chi connectivity index (χ3v) is 3.32. The van der Waals surface area contributed by atoms with Crippen molar-refractivity contribution in [2.24, 2.45) is 0 Å². The Kier molecular flexibility index (Phi) is 4.16. The van der Waals surface area contributed by atoms with Crippen molar-refractivity contribution in [2.45, 2.75) is 32.5 Å². The minimum absolute atomic E-state index is 0.269. The van der Waals surface area contributed by atoms with E-state index >= 15 is 0 Å². The molecular formula is C15H15F3N2O. The van der Waals surface area contributed by atoms with E-state index in [2.05, 4.69) is 5.10 Å². The molecule has 112 valence electrons. The van der Waals surface area contributed by atoms with Gasteiger partial charge in [0.2, 0.25) is 0 Å². The maximum atomic E-state index is 12.5. The van der Waals surface area contributed by atoms with E-state index in [-0.39, 0.29) is 5.78 Å². The Hall–Kier alpha value is -2.11. The second-order valence-electron chi connectivity index (χ2n) is 4.77. The number of aryl methyl sites for hydroxylation is 1. The van der Waals surface area contributed by atoms with Gasteiger partial charge in [-0.15, -0.1) is 0 Å². The molecule has 3 nitrogen and oxygen atoms in total. The quantitative estimate of drug-likeness (QED) is 0.802. The van der Waals surface area contributed by atoms with Crippen LogP contribution in [0.4, 0.5) is 13.2 Å². The molecule has 1 atom stereocenters. The topological polar surface area (TPSA) is 34.9 Å². The number of aromatic nitrogens is 2. The Labute approximate surface area is 120 Å². The van der Waals surface area contributed by atoms with Crippen LogP contribution in [0.15, 0.2) is 36.5 Å². The summed E-state index contributed by atoms with van der Waals surface area (Å²) in [5, 5.41) is 3.43. The molecule has 1 unspecified atom stereocenters. The molecule has 0 spiro atoms. The summed E-state index contributed by atoms with van der Waals surface area (Å²) >= 11 is 0. The first kappa shape index (κ1) is 15.3. The Bertz CT molecular complexity index is 629. The van der Waals surface area contributed by atoms with Gasteiger partial charge in [-0.1, -0.05) is 31.2 Å². The van der Waals surface area contributed by atoms with Crippen molar-refractivity contribution in [3.05, 3.63) is 53.3 Å². The van der Waals surface area contributed by atoms with Crippen molar-refractivity contribution >= 4 is 5.78 Å². The van der Waals surface area contributed by atoms with Crippen LogP contribution in [0, 0.1) is 0 Å². The van der Waals surface area contributed by atoms with Crippen molar-refractivity contribution in [3.8, 4) is 0 Å². The molecule has 0 saturated heterocycles. The summed E-state index contributed by atoms with van der Waals surface area (Å²) in [4.78, 5) is 12.3. The average Bonchev–Trinajstić information content (AvgIpc) is 2.95. The normalized spacial score (nSPS) is 13.2. The van der Waals surface area contributed by atoms with E-state index in [4.69, 9.17) is 0 Å². The summed E-state index contributed by atoms with van der Waals surface area (Å²) < 4.78 is 38.6. The molecule has 0 amide bonds. The summed E-state index contributed by atoms with van der Waals surface area (Å²) in [5.74, 6) is -0.269. The lowest BCUT2D eigenvalue weighted by atomic mass is 10.0. The Morgan fingerprint density at radius 2 is 1.86 bits per heavy atom. The van der Waals surface area contributed by atoms with Crippen molar-refractivity contribution in [1.29, 1.82) is 0 Å². The zero-order chi connectivity index (χ0) is 15.6. The Balaban J connectivity index is 2.20. The fourth-order valence-corrected chi connectivity index (χ4v) is 1.97. The van der Waals surface area contributed by atoms with Gasteiger partial charge in [0.25, 0.3) is 0 Å². The molecule has 6 heteroatoms. The molecular weight excluding hydrogens is 281 g/mol. The number of carbonyl (C=O) groups excluding carboxylic acids is 1. The molecule has 0 saturated carbocycles. The Morgan fingerprint density at radius 3 is 2.33 bits per heavy atom. The number of nitrogens with zero attached hydrogens (tertiary/aromatic N) is 2. The third-order valence-electron chi connectivity index (χ3n) is 3.32. The predicted octanol–water partition coefficient (Wildman–Crippen LogP) is 3.91. The van der Waals surface area contributed by atoms with E-state index in [0.717, 1.165) is 22.7 Å². The van der Waals surface area contributed by atoms with E-state index in [0.29, 0.717) is 5.56 Å². The van der Waals surface area contributed by atoms with Crippen LogP contribution in [0.5, 0.6) is 0 Å². The van der Waals surface area contributed by atoms with Gasteiger partial charge in [0, 0.05) is 11.8 Å². The van der Waals surface area contributed by atoms with Crippen LogP contribution in [0.1, 0.15) is 41.5 Å². The van der Waals surface area contributed by atoms with Crippen LogP contribution in [0.2, 0.25) is 0 Å². The second-order valence-corrected chi connectivity index (χ2v) is 4.77. The van der Waals surface area contributed by atoms with Gasteiger partial charge in [-0.2, -0.15) is 18.3 Å². The van der Waals surface area contributed by atoms with Gasteiger partial charge >= 0.3 is 6.18 Å². The SMILES string of the molecule is CCc1ccc(C(=O)C(C)n2ccc(C(F)(F)F)n2)cc1. The van der Waals surface area contributed by atoms with Crippen molar-refractivity contribution in [1.82, 2.24) is 9.78 Å². The second kappa shape index (κ2) is 5.71. The van der Waals surface area contributed by atoms with Crippen LogP contribution in [-0.2, 0) is 12.6 Å². The summed E-state index contributed by atoms with van der Waals surface area (Å²) in [7, 11) is 0. The molecule has 2 aromatic rings. The molecule has 1 heterocycles. The number of hydrogen-bond donors (Lipinski definition) is 0. The molecule has 1 aromatic heterocycles. The van der Waals surface area contributed by atoms with Crippen LogP contribution in [-0.4, -0.2) is 15.6 Å². The molecule has 0 aliphatic rings. The molecule has 0 aliphatic carbocycles. The smallest absolute Gasteiger partial charge is 0.292 e. The Morgan fingerprint density at radius 1 is 1.24 bits per heavy atom. The van der Waals surface area contributed by atoms with Gasteiger partial charge in [0.1, 0.15) is 6.04 Å². The summed E-state index contributed by atoms with van der Waals surface area (Å²) in [6.07, 6.45) is -2.47. The summed E-state index contributed by atoms with van der Waals surface area (Å²) in [6, 6.07) is 7.13. The maximum absolute atomic E-state index is 12.5. The van der Waals surface area contributed by atoms with Crippen LogP contribution in [0.25, 0.3) is 0 Å². The number of benzene rings is 1. The van der Waals surface area contributed by atoms with E-state index in [1.54, 1.807) is 12.1 Å². The number of carbonyl (C=O) groups is 1. The van der Waals surface area contributed by atoms with Gasteiger partial charge in [-0.25, -0.2) is 0 Å². The van der Waals surface area contributed by atoms with Crippen LogP contribution >= 0.6 is 0 Å². The van der Waals surface area contributed by atoms with E-state index in [9.17, 15) is 18.0 Å². The lowest BCUT2D eigenvalue weighted by Gasteiger charge is -2.12. The lowest BCUT2D eigenvalue weighted by Crippen LogP contribution is -2.18. The third kappa shape index (κ3) is 3.32. The summed E-state index contributed by atoms with van der Waals surface area (Å²) in [6.45, 7) is 3.53. The van der Waals surface area contributed by atoms with Crippen molar-refractivity contribution in [3.63, 3.8) is 0 Å². The first-order valence-electron chi connectivity index (χ1n) is 6.58. The highest BCUT2D eigenvalue weighted by molar-refractivity contribution is 5.98. The molecule has 2 rings (SSSR count). The number of ketones is 1. The minimum atomic E-state index is -4.50. The minimum Gasteiger partial charge on any atom is -0.292 e. The lowest BCUT2D eigenvalue weighted by molar-refractivity contribution is -0.141. The highest BCUT2D eigenvalue weighted by Gasteiger charge is 2.34. The largest absolute Gasteiger partial charge is 0.435 e. The average molecular weight is 296 g/mol. The van der Waals surface area contributed by atoms with Crippen LogP contribution < -0.4 is 0 Å². The monoisotopic (exact) mass is 296 g/mol. The molecule has 0 radical (unpaired) electrons. The van der Waals surface area contributed by atoms with Gasteiger partial charge in [-0.05, 0) is 25.0 Å². The first-order chi connectivity index (χ1) is 9.82. The van der Waals surface area contributed by atoms with Gasteiger partial charge in [0.15, 0.2) is 11.5 Å². The zero-order valence-corrected chi connectivity index (χ0v) is 11.7. The number of Topliss-reactive ketones (excluding diaryl/α,β-unsaturated/α-hetero) is 1. The fraction of sp³-hybridized carbons (Fsp3) is 0.333. The molecule has 21 heavy (non-hydrogen) atoms. The fourth-order valence-electron chi connectivity index (χ4n) is 1.97. The summed E-state index contributed by atoms with van der Waals surface area (Å²) in [5.41, 5.74) is 0.560. The number of hydrogen-bond acceptors (Lipinski definition) is 2. The highest BCUT2D eigenvalue weighted by atomic mass is 19.4. The maximum Gasteiger partial charge on any atom is 0.435 e. The highest BCUT2D eigenvalue weighted by Crippen LogP contribution is 2.28. The van der Waals surface area contributed by atoms with Gasteiger partial charge in [0.05, 0.1) is 0 Å². The molecule has 0 N–H and O–H groups in total. The van der Waals surface area contributed by atoms with E-state index in [1.807, 2.05) is 19.1 Å². The van der Waals surface area contributed by atoms with Crippen molar-refractivity contribution in [2.75, 3.05) is 0 Å². The van der Waals surface area contributed by atoms with Crippen LogP contribution in [0.3, 0.4) is 0 Å². The number of halogens is 3. The first-order valence-corrected chi connectivity index (χ1v) is 6.58. The van der Waals surface area contributed by atoms with E-state index < -0.39 is 17.9 Å². The standard InChI is InChI=1S/C15H15F3N2O/c1-3-11-4-6-12(7-5-11)14(21)10(2)20-9-8-13(19-20)15(16,17)18/h4-10H,3H2,1-2H3. The van der Waals surface area contributed by atoms with Gasteiger partial charge < -0.3 is 0 Å². The van der Waals surface area contributed by atoms with E-state index in [1.165, 1.54) is 13.1 Å². The molecule has 1 aromatic carbocycles. The zero-order valence-electron chi connectivity index (χ0n) is 11.7.